The number of hydrogen-bond donors (Lipinski definition) is 0. The van der Waals surface area contributed by atoms with Crippen molar-refractivity contribution in [1.29, 1.82) is 0 Å². The van der Waals surface area contributed by atoms with E-state index in [4.69, 9.17) is 4.74 Å². The van der Waals surface area contributed by atoms with Crippen LogP contribution >= 0.6 is 0 Å². The predicted molar refractivity (Wildman–Crippen MR) is 53.1 cm³/mol. The minimum absolute atomic E-state index is 0.385. The van der Waals surface area contributed by atoms with Gasteiger partial charge in [0.15, 0.2) is 12.6 Å². The van der Waals surface area contributed by atoms with E-state index in [0.29, 0.717) is 35.9 Å². The van der Waals surface area contributed by atoms with E-state index in [0.717, 1.165) is 5.56 Å². The number of hydrogen-bond acceptors (Lipinski definition) is 3. The first-order chi connectivity index (χ1) is 6.76. The molecule has 0 saturated carbocycles. The molecule has 74 valence electrons. The van der Waals surface area contributed by atoms with Crippen LogP contribution in [0.4, 0.5) is 0 Å². The fourth-order valence-corrected chi connectivity index (χ4v) is 1.36. The molecule has 0 amide bonds. The largest absolute Gasteiger partial charge is 0.497 e. The van der Waals surface area contributed by atoms with Crippen molar-refractivity contribution in [1.82, 2.24) is 0 Å². The summed E-state index contributed by atoms with van der Waals surface area (Å²) >= 11 is 0. The maximum atomic E-state index is 10.8. The Morgan fingerprint density at radius 3 is 2.43 bits per heavy atom. The van der Waals surface area contributed by atoms with Crippen LogP contribution in [0.25, 0.3) is 0 Å². The number of ether oxygens (including phenoxy) is 1. The molecule has 0 unspecified atom stereocenters. The van der Waals surface area contributed by atoms with Gasteiger partial charge in [-0.15, -0.1) is 0 Å². The van der Waals surface area contributed by atoms with Crippen molar-refractivity contribution < 1.29 is 14.3 Å². The smallest absolute Gasteiger partial charge is 0.151 e. The molecule has 1 aromatic rings. The van der Waals surface area contributed by atoms with E-state index >= 15 is 0 Å². The molecule has 3 heteroatoms. The van der Waals surface area contributed by atoms with Crippen LogP contribution in [0.3, 0.4) is 0 Å². The topological polar surface area (TPSA) is 43.4 Å². The average molecular weight is 192 g/mol. The Labute approximate surface area is 82.7 Å². The molecule has 0 heterocycles. The molecule has 0 bridgehead atoms. The van der Waals surface area contributed by atoms with Gasteiger partial charge in [-0.3, -0.25) is 9.59 Å². The molecule has 0 N–H and O–H groups in total. The zero-order chi connectivity index (χ0) is 10.6. The Kier molecular flexibility index (Phi) is 3.40. The molecular formula is C11H12O3. The number of benzene rings is 1. The number of aldehydes is 2. The number of carbonyl (C=O) groups excluding carboxylic acids is 2. The van der Waals surface area contributed by atoms with Gasteiger partial charge < -0.3 is 4.74 Å². The van der Waals surface area contributed by atoms with Crippen molar-refractivity contribution in [2.75, 3.05) is 7.11 Å². The minimum atomic E-state index is 0.385. The molecule has 0 saturated heterocycles. The molecule has 1 aromatic carbocycles. The second-order valence-electron chi connectivity index (χ2n) is 2.88. The number of rotatable bonds is 4. The number of carbonyl (C=O) groups is 2. The predicted octanol–water partition coefficient (Wildman–Crippen LogP) is 1.88. The Morgan fingerprint density at radius 2 is 2.00 bits per heavy atom. The third-order valence-corrected chi connectivity index (χ3v) is 2.13. The van der Waals surface area contributed by atoms with Crippen LogP contribution in [0, 0.1) is 0 Å². The van der Waals surface area contributed by atoms with E-state index in [1.54, 1.807) is 12.1 Å². The standard InChI is InChI=1S/C11H12O3/c1-3-8-4-10(14-2)5-9(6-12)11(8)7-13/h4-7H,3H2,1-2H3. The molecule has 0 spiro atoms. The van der Waals surface area contributed by atoms with E-state index in [9.17, 15) is 9.59 Å². The summed E-state index contributed by atoms with van der Waals surface area (Å²) in [6.07, 6.45) is 2.08. The van der Waals surface area contributed by atoms with Crippen molar-refractivity contribution >= 4 is 12.6 Å². The van der Waals surface area contributed by atoms with Gasteiger partial charge in [0, 0.05) is 11.1 Å². The molecule has 0 radical (unpaired) electrons. The molecule has 0 aliphatic carbocycles. The SMILES string of the molecule is CCc1cc(OC)cc(C=O)c1C=O. The Morgan fingerprint density at radius 1 is 1.29 bits per heavy atom. The molecule has 0 aliphatic heterocycles. The van der Waals surface area contributed by atoms with Crippen LogP contribution < -0.4 is 4.74 Å². The molecule has 0 aromatic heterocycles. The summed E-state index contributed by atoms with van der Waals surface area (Å²) in [5, 5.41) is 0. The summed E-state index contributed by atoms with van der Waals surface area (Å²) in [4.78, 5) is 21.5. The lowest BCUT2D eigenvalue weighted by Gasteiger charge is -2.07. The first-order valence-electron chi connectivity index (χ1n) is 4.38. The first-order valence-corrected chi connectivity index (χ1v) is 4.38. The summed E-state index contributed by atoms with van der Waals surface area (Å²) in [7, 11) is 1.53. The highest BCUT2D eigenvalue weighted by Crippen LogP contribution is 2.20. The molecule has 0 aliphatic rings. The van der Waals surface area contributed by atoms with Crippen molar-refractivity contribution in [2.45, 2.75) is 13.3 Å². The van der Waals surface area contributed by atoms with Gasteiger partial charge in [-0.05, 0) is 24.1 Å². The highest BCUT2D eigenvalue weighted by molar-refractivity contribution is 5.92. The monoisotopic (exact) mass is 192 g/mol. The fourth-order valence-electron chi connectivity index (χ4n) is 1.36. The Bertz CT molecular complexity index is 356. The van der Waals surface area contributed by atoms with E-state index in [1.807, 2.05) is 6.92 Å². The van der Waals surface area contributed by atoms with Crippen LogP contribution in [0.2, 0.25) is 0 Å². The van der Waals surface area contributed by atoms with Gasteiger partial charge in [-0.25, -0.2) is 0 Å². The van der Waals surface area contributed by atoms with Gasteiger partial charge >= 0.3 is 0 Å². The van der Waals surface area contributed by atoms with E-state index < -0.39 is 0 Å². The zero-order valence-corrected chi connectivity index (χ0v) is 8.24. The summed E-state index contributed by atoms with van der Waals surface area (Å²) in [6.45, 7) is 1.93. The van der Waals surface area contributed by atoms with Crippen molar-refractivity contribution in [3.05, 3.63) is 28.8 Å². The lowest BCUT2D eigenvalue weighted by atomic mass is 10.0. The van der Waals surface area contributed by atoms with Gasteiger partial charge in [-0.2, -0.15) is 0 Å². The van der Waals surface area contributed by atoms with Crippen LogP contribution in [0.1, 0.15) is 33.2 Å². The molecule has 0 fully saturated rings. The molecular weight excluding hydrogens is 180 g/mol. The van der Waals surface area contributed by atoms with E-state index in [-0.39, 0.29) is 0 Å². The van der Waals surface area contributed by atoms with Crippen LogP contribution in [-0.2, 0) is 6.42 Å². The summed E-state index contributed by atoms with van der Waals surface area (Å²) < 4.78 is 5.02. The van der Waals surface area contributed by atoms with Gasteiger partial charge in [0.1, 0.15) is 5.75 Å². The van der Waals surface area contributed by atoms with Gasteiger partial charge in [-0.1, -0.05) is 6.92 Å². The molecule has 0 atom stereocenters. The van der Waals surface area contributed by atoms with Crippen LogP contribution in [0.5, 0.6) is 5.75 Å². The Hall–Kier alpha value is -1.64. The minimum Gasteiger partial charge on any atom is -0.497 e. The van der Waals surface area contributed by atoms with Crippen molar-refractivity contribution in [3.8, 4) is 5.75 Å². The van der Waals surface area contributed by atoms with Crippen molar-refractivity contribution in [2.24, 2.45) is 0 Å². The normalized spacial score (nSPS) is 9.57. The average Bonchev–Trinajstić information content (AvgIpc) is 2.26. The number of methoxy groups -OCH3 is 1. The quantitative estimate of drug-likeness (QED) is 0.684. The van der Waals surface area contributed by atoms with Gasteiger partial charge in [0.05, 0.1) is 7.11 Å². The lowest BCUT2D eigenvalue weighted by molar-refractivity contribution is 0.109. The van der Waals surface area contributed by atoms with Crippen molar-refractivity contribution in [3.63, 3.8) is 0 Å². The van der Waals surface area contributed by atoms with E-state index in [2.05, 4.69) is 0 Å². The van der Waals surface area contributed by atoms with E-state index in [1.165, 1.54) is 7.11 Å². The second-order valence-corrected chi connectivity index (χ2v) is 2.88. The maximum absolute atomic E-state index is 10.8. The third-order valence-electron chi connectivity index (χ3n) is 2.13. The zero-order valence-electron chi connectivity index (χ0n) is 8.24. The van der Waals surface area contributed by atoms with Crippen LogP contribution in [0.15, 0.2) is 12.1 Å². The summed E-state index contributed by atoms with van der Waals surface area (Å²) in [5.41, 5.74) is 1.68. The Balaban J connectivity index is 3.38. The lowest BCUT2D eigenvalue weighted by Crippen LogP contribution is -1.99. The maximum Gasteiger partial charge on any atom is 0.151 e. The van der Waals surface area contributed by atoms with Gasteiger partial charge in [0.25, 0.3) is 0 Å². The molecule has 1 rings (SSSR count). The molecule has 3 nitrogen and oxygen atoms in total. The highest BCUT2D eigenvalue weighted by atomic mass is 16.5. The first kappa shape index (κ1) is 10.4. The molecule has 14 heavy (non-hydrogen) atoms. The third kappa shape index (κ3) is 1.82. The van der Waals surface area contributed by atoms with Crippen LogP contribution in [-0.4, -0.2) is 19.7 Å². The second kappa shape index (κ2) is 4.56. The summed E-state index contributed by atoms with van der Waals surface area (Å²) in [6, 6.07) is 3.34. The summed E-state index contributed by atoms with van der Waals surface area (Å²) in [5.74, 6) is 0.606. The number of aryl methyl sites for hydroxylation is 1. The highest BCUT2D eigenvalue weighted by Gasteiger charge is 2.08. The fraction of sp³-hybridized carbons (Fsp3) is 0.273. The van der Waals surface area contributed by atoms with Gasteiger partial charge in [0.2, 0.25) is 0 Å².